The van der Waals surface area contributed by atoms with E-state index in [2.05, 4.69) is 22.0 Å². The summed E-state index contributed by atoms with van der Waals surface area (Å²) in [4.78, 5) is 30.2. The molecule has 9 nitrogen and oxygen atoms in total. The quantitative estimate of drug-likeness (QED) is 0.423. The topological polar surface area (TPSA) is 109 Å². The molecule has 0 aliphatic heterocycles. The third-order valence-corrected chi connectivity index (χ3v) is 3.79. The fourth-order valence-corrected chi connectivity index (χ4v) is 2.35. The van der Waals surface area contributed by atoms with E-state index in [0.29, 0.717) is 12.4 Å². The minimum atomic E-state index is -0.667. The third kappa shape index (κ3) is 11.0. The van der Waals surface area contributed by atoms with Crippen molar-refractivity contribution in [3.63, 3.8) is 0 Å². The van der Waals surface area contributed by atoms with E-state index >= 15 is 0 Å². The standard InChI is InChI=1S/C17H24ClN5O4.C3H6.2C2H6/c1-10(9-24)7-19-15(25)11-8-20-23-13(6-12(18)21-14(11)23)22(5)16(26)27-17(2,3)4;1-3-2;2*1-2/h6,8,10,24H,7,9H2,1-5H3,(H,19,25);3H,1H2,2H3;2*1-2H3. The Morgan fingerprint density at radius 1 is 1.32 bits per heavy atom. The summed E-state index contributed by atoms with van der Waals surface area (Å²) >= 11 is 6.09. The lowest BCUT2D eigenvalue weighted by atomic mass is 10.2. The lowest BCUT2D eigenvalue weighted by Crippen LogP contribution is -2.35. The molecular formula is C24H42ClN5O4. The molecule has 2 amide bonds. The average Bonchev–Trinajstić information content (AvgIpc) is 3.22. The summed E-state index contributed by atoms with van der Waals surface area (Å²) < 4.78 is 6.70. The van der Waals surface area contributed by atoms with Gasteiger partial charge >= 0.3 is 6.09 Å². The number of nitrogens with one attached hydrogen (secondary N) is 1. The molecule has 0 aromatic carbocycles. The van der Waals surface area contributed by atoms with Crippen LogP contribution < -0.4 is 10.2 Å². The largest absolute Gasteiger partial charge is 0.443 e. The van der Waals surface area contributed by atoms with Gasteiger partial charge in [-0.2, -0.15) is 9.61 Å². The SMILES string of the molecule is C=CC.CC.CC.CC(CO)CNC(=O)c1cnn2c(N(C)C(=O)OC(C)(C)C)cc(Cl)nc12. The van der Waals surface area contributed by atoms with Crippen molar-refractivity contribution in [3.05, 3.63) is 35.6 Å². The Labute approximate surface area is 209 Å². The molecular weight excluding hydrogens is 458 g/mol. The van der Waals surface area contributed by atoms with Crippen molar-refractivity contribution in [1.82, 2.24) is 19.9 Å². The molecule has 0 spiro atoms. The molecule has 0 aliphatic rings. The molecule has 2 heterocycles. The minimum absolute atomic E-state index is 0.0377. The Morgan fingerprint density at radius 2 is 1.85 bits per heavy atom. The van der Waals surface area contributed by atoms with Crippen LogP contribution in [-0.2, 0) is 4.74 Å². The van der Waals surface area contributed by atoms with Crippen molar-refractivity contribution < 1.29 is 19.4 Å². The second-order valence-electron chi connectivity index (χ2n) is 7.68. The molecule has 1 atom stereocenters. The van der Waals surface area contributed by atoms with E-state index in [9.17, 15) is 9.59 Å². The van der Waals surface area contributed by atoms with Crippen LogP contribution in [0.3, 0.4) is 0 Å². The Kier molecular flexibility index (Phi) is 16.6. The number of allylic oxidation sites excluding steroid dienone is 1. The molecule has 0 saturated carbocycles. The Hall–Kier alpha value is -2.65. The summed E-state index contributed by atoms with van der Waals surface area (Å²) in [6.07, 6.45) is 2.51. The molecule has 0 radical (unpaired) electrons. The Balaban J connectivity index is 0. The van der Waals surface area contributed by atoms with Gasteiger partial charge in [-0.25, -0.2) is 9.78 Å². The fourth-order valence-electron chi connectivity index (χ4n) is 2.17. The molecule has 0 aliphatic carbocycles. The van der Waals surface area contributed by atoms with Crippen LogP contribution in [0.2, 0.25) is 5.15 Å². The summed E-state index contributed by atoms with van der Waals surface area (Å²) in [5.41, 5.74) is -0.247. The zero-order valence-corrected chi connectivity index (χ0v) is 23.0. The van der Waals surface area contributed by atoms with E-state index < -0.39 is 17.6 Å². The maximum absolute atomic E-state index is 12.4. The van der Waals surface area contributed by atoms with Gasteiger partial charge in [0, 0.05) is 26.3 Å². The molecule has 194 valence electrons. The number of halogens is 1. The van der Waals surface area contributed by atoms with Crippen LogP contribution in [0, 0.1) is 5.92 Å². The smallest absolute Gasteiger partial charge is 0.415 e. The molecule has 2 aromatic rings. The van der Waals surface area contributed by atoms with Gasteiger partial charge in [-0.1, -0.05) is 52.3 Å². The highest BCUT2D eigenvalue weighted by molar-refractivity contribution is 6.30. The van der Waals surface area contributed by atoms with E-state index in [1.54, 1.807) is 33.8 Å². The highest BCUT2D eigenvalue weighted by Crippen LogP contribution is 2.23. The zero-order valence-electron chi connectivity index (χ0n) is 22.3. The van der Waals surface area contributed by atoms with Gasteiger partial charge in [-0.15, -0.1) is 6.58 Å². The predicted octanol–water partition coefficient (Wildman–Crippen LogP) is 5.36. The van der Waals surface area contributed by atoms with Crippen molar-refractivity contribution >= 4 is 35.1 Å². The van der Waals surface area contributed by atoms with Gasteiger partial charge in [0.1, 0.15) is 22.1 Å². The predicted molar refractivity (Wildman–Crippen MR) is 140 cm³/mol. The third-order valence-electron chi connectivity index (χ3n) is 3.60. The monoisotopic (exact) mass is 499 g/mol. The van der Waals surface area contributed by atoms with Gasteiger partial charge in [0.25, 0.3) is 5.91 Å². The van der Waals surface area contributed by atoms with E-state index in [1.807, 2.05) is 34.6 Å². The normalized spacial score (nSPS) is 10.8. The maximum atomic E-state index is 12.4. The van der Waals surface area contributed by atoms with Gasteiger partial charge in [0.05, 0.1) is 6.20 Å². The molecule has 0 saturated heterocycles. The van der Waals surface area contributed by atoms with Crippen molar-refractivity contribution in [2.75, 3.05) is 25.1 Å². The first-order valence-corrected chi connectivity index (χ1v) is 11.8. The van der Waals surface area contributed by atoms with Crippen molar-refractivity contribution in [3.8, 4) is 0 Å². The van der Waals surface area contributed by atoms with Crippen LogP contribution in [0.5, 0.6) is 0 Å². The zero-order chi connectivity index (χ0) is 27.1. The van der Waals surface area contributed by atoms with Crippen LogP contribution in [0.4, 0.5) is 10.6 Å². The fraction of sp³-hybridized carbons (Fsp3) is 0.583. The molecule has 2 rings (SSSR count). The average molecular weight is 500 g/mol. The number of ether oxygens (including phenoxy) is 1. The number of aliphatic hydroxyl groups is 1. The van der Waals surface area contributed by atoms with E-state index in [1.165, 1.54) is 28.7 Å². The van der Waals surface area contributed by atoms with Gasteiger partial charge in [0.15, 0.2) is 5.65 Å². The number of rotatable bonds is 5. The lowest BCUT2D eigenvalue weighted by Gasteiger charge is -2.24. The van der Waals surface area contributed by atoms with Crippen molar-refractivity contribution in [2.45, 2.75) is 67.9 Å². The Morgan fingerprint density at radius 3 is 2.32 bits per heavy atom. The highest BCUT2D eigenvalue weighted by Gasteiger charge is 2.25. The first-order valence-electron chi connectivity index (χ1n) is 11.4. The highest BCUT2D eigenvalue weighted by atomic mass is 35.5. The number of hydrogen-bond acceptors (Lipinski definition) is 6. The van der Waals surface area contributed by atoms with Crippen molar-refractivity contribution in [1.29, 1.82) is 0 Å². The lowest BCUT2D eigenvalue weighted by molar-refractivity contribution is 0.0587. The van der Waals surface area contributed by atoms with Crippen LogP contribution in [0.25, 0.3) is 5.65 Å². The number of anilines is 1. The van der Waals surface area contributed by atoms with E-state index in [-0.39, 0.29) is 28.9 Å². The van der Waals surface area contributed by atoms with E-state index in [0.717, 1.165) is 0 Å². The molecule has 34 heavy (non-hydrogen) atoms. The number of hydrogen-bond donors (Lipinski definition) is 2. The molecule has 1 unspecified atom stereocenters. The van der Waals surface area contributed by atoms with Gasteiger partial charge < -0.3 is 15.2 Å². The van der Waals surface area contributed by atoms with Gasteiger partial charge in [0.2, 0.25) is 0 Å². The van der Waals surface area contributed by atoms with Crippen LogP contribution in [0.1, 0.15) is 72.7 Å². The summed E-state index contributed by atoms with van der Waals surface area (Å²) in [6.45, 7) is 20.6. The van der Waals surface area contributed by atoms with Crippen LogP contribution in [-0.4, -0.2) is 57.5 Å². The summed E-state index contributed by atoms with van der Waals surface area (Å²) in [7, 11) is 1.52. The van der Waals surface area contributed by atoms with Gasteiger partial charge in [-0.05, 0) is 33.6 Å². The van der Waals surface area contributed by atoms with Gasteiger partial charge in [-0.3, -0.25) is 9.69 Å². The molecule has 0 fully saturated rings. The van der Waals surface area contributed by atoms with E-state index in [4.69, 9.17) is 21.4 Å². The molecule has 10 heteroatoms. The molecule has 2 aromatic heterocycles. The second-order valence-corrected chi connectivity index (χ2v) is 8.06. The van der Waals surface area contributed by atoms with Crippen molar-refractivity contribution in [2.24, 2.45) is 5.92 Å². The number of carbonyl (C=O) groups excluding carboxylic acids is 2. The number of fused-ring (bicyclic) bond motifs is 1. The number of carbonyl (C=O) groups is 2. The first kappa shape index (κ1) is 33.5. The van der Waals surface area contributed by atoms with Crippen LogP contribution in [0.15, 0.2) is 24.9 Å². The molecule has 0 bridgehead atoms. The second kappa shape index (κ2) is 16.9. The number of aliphatic hydroxyl groups excluding tert-OH is 1. The Bertz CT molecular complexity index is 893. The number of amides is 2. The number of aromatic nitrogens is 3. The minimum Gasteiger partial charge on any atom is -0.443 e. The first-order chi connectivity index (χ1) is 15.9. The maximum Gasteiger partial charge on any atom is 0.415 e. The summed E-state index contributed by atoms with van der Waals surface area (Å²) in [5.74, 6) is -0.172. The summed E-state index contributed by atoms with van der Waals surface area (Å²) in [6, 6.07) is 1.46. The number of nitrogens with zero attached hydrogens (tertiary/aromatic N) is 4. The van der Waals surface area contributed by atoms with Crippen LogP contribution >= 0.6 is 11.6 Å². The summed E-state index contributed by atoms with van der Waals surface area (Å²) in [5, 5.41) is 16.0. The molecule has 2 N–H and O–H groups in total.